The molecule has 3 unspecified atom stereocenters. The van der Waals surface area contributed by atoms with Crippen molar-refractivity contribution in [1.82, 2.24) is 15.3 Å². The SMILES string of the molecule is CCC1CCC(NCc2cnc3ccccc3n2)C1C. The Morgan fingerprint density at radius 2 is 2.00 bits per heavy atom. The van der Waals surface area contributed by atoms with Crippen molar-refractivity contribution in [3.8, 4) is 0 Å². The second-order valence-corrected chi connectivity index (χ2v) is 5.94. The molecule has 0 saturated heterocycles. The highest BCUT2D eigenvalue weighted by Gasteiger charge is 2.30. The lowest BCUT2D eigenvalue weighted by molar-refractivity contribution is 0.343. The first-order chi connectivity index (χ1) is 9.78. The maximum atomic E-state index is 4.68. The van der Waals surface area contributed by atoms with E-state index < -0.39 is 0 Å². The van der Waals surface area contributed by atoms with E-state index in [1.165, 1.54) is 19.3 Å². The molecule has 1 heterocycles. The van der Waals surface area contributed by atoms with Crippen LogP contribution >= 0.6 is 0 Å². The van der Waals surface area contributed by atoms with E-state index in [4.69, 9.17) is 0 Å². The van der Waals surface area contributed by atoms with Gasteiger partial charge in [0.05, 0.1) is 22.9 Å². The number of benzene rings is 1. The number of aromatic nitrogens is 2. The van der Waals surface area contributed by atoms with Crippen LogP contribution in [0.2, 0.25) is 0 Å². The fourth-order valence-electron chi connectivity index (χ4n) is 3.43. The minimum absolute atomic E-state index is 0.633. The van der Waals surface area contributed by atoms with E-state index >= 15 is 0 Å². The Bertz CT molecular complexity index is 581. The number of nitrogens with one attached hydrogen (secondary N) is 1. The molecular weight excluding hydrogens is 246 g/mol. The van der Waals surface area contributed by atoms with Gasteiger partial charge in [0.1, 0.15) is 0 Å². The molecule has 3 heteroatoms. The van der Waals surface area contributed by atoms with Gasteiger partial charge in [0.25, 0.3) is 0 Å². The average Bonchev–Trinajstić information content (AvgIpc) is 2.85. The number of nitrogens with zero attached hydrogens (tertiary/aromatic N) is 2. The molecule has 1 aliphatic carbocycles. The molecule has 20 heavy (non-hydrogen) atoms. The molecule has 0 bridgehead atoms. The lowest BCUT2D eigenvalue weighted by Crippen LogP contribution is -2.32. The van der Waals surface area contributed by atoms with Gasteiger partial charge in [0, 0.05) is 12.6 Å². The summed E-state index contributed by atoms with van der Waals surface area (Å²) in [6.45, 7) is 5.51. The highest BCUT2D eigenvalue weighted by atomic mass is 15.0. The van der Waals surface area contributed by atoms with E-state index in [-0.39, 0.29) is 0 Å². The van der Waals surface area contributed by atoms with Crippen molar-refractivity contribution in [3.63, 3.8) is 0 Å². The van der Waals surface area contributed by atoms with Crippen LogP contribution in [0.15, 0.2) is 30.5 Å². The lowest BCUT2D eigenvalue weighted by Gasteiger charge is -2.20. The maximum absolute atomic E-state index is 4.68. The smallest absolute Gasteiger partial charge is 0.0890 e. The van der Waals surface area contributed by atoms with Gasteiger partial charge in [-0.3, -0.25) is 4.98 Å². The molecule has 106 valence electrons. The van der Waals surface area contributed by atoms with Crippen LogP contribution in [0.5, 0.6) is 0 Å². The minimum Gasteiger partial charge on any atom is -0.308 e. The van der Waals surface area contributed by atoms with Crippen molar-refractivity contribution in [2.75, 3.05) is 0 Å². The van der Waals surface area contributed by atoms with E-state index in [1.54, 1.807) is 0 Å². The topological polar surface area (TPSA) is 37.8 Å². The summed E-state index contributed by atoms with van der Waals surface area (Å²) in [6, 6.07) is 8.67. The largest absolute Gasteiger partial charge is 0.308 e. The summed E-state index contributed by atoms with van der Waals surface area (Å²) in [5, 5.41) is 3.67. The molecule has 1 N–H and O–H groups in total. The summed E-state index contributed by atoms with van der Waals surface area (Å²) < 4.78 is 0. The molecule has 0 spiro atoms. The number of hydrogen-bond acceptors (Lipinski definition) is 3. The summed E-state index contributed by atoms with van der Waals surface area (Å²) in [6.07, 6.45) is 5.85. The standard InChI is InChI=1S/C17H23N3/c1-3-13-8-9-15(12(13)2)18-10-14-11-19-16-6-4-5-7-17(16)20-14/h4-7,11-13,15,18H,3,8-10H2,1-2H3. The van der Waals surface area contributed by atoms with Crippen LogP contribution in [0.4, 0.5) is 0 Å². The lowest BCUT2D eigenvalue weighted by atomic mass is 9.93. The molecule has 1 aromatic carbocycles. The van der Waals surface area contributed by atoms with Crippen molar-refractivity contribution < 1.29 is 0 Å². The molecule has 1 fully saturated rings. The third-order valence-corrected chi connectivity index (χ3v) is 4.79. The zero-order valence-electron chi connectivity index (χ0n) is 12.3. The monoisotopic (exact) mass is 269 g/mol. The fourth-order valence-corrected chi connectivity index (χ4v) is 3.43. The van der Waals surface area contributed by atoms with Gasteiger partial charge in [-0.1, -0.05) is 32.4 Å². The highest BCUT2D eigenvalue weighted by Crippen LogP contribution is 2.33. The minimum atomic E-state index is 0.633. The van der Waals surface area contributed by atoms with Gasteiger partial charge in [-0.25, -0.2) is 4.98 Å². The highest BCUT2D eigenvalue weighted by molar-refractivity contribution is 5.73. The van der Waals surface area contributed by atoms with Crippen LogP contribution in [0.1, 0.15) is 38.8 Å². The molecule has 1 aromatic heterocycles. The second kappa shape index (κ2) is 5.88. The Morgan fingerprint density at radius 1 is 1.20 bits per heavy atom. The predicted molar refractivity (Wildman–Crippen MR) is 82.3 cm³/mol. The maximum Gasteiger partial charge on any atom is 0.0890 e. The van der Waals surface area contributed by atoms with E-state index in [1.807, 2.05) is 30.5 Å². The first-order valence-corrected chi connectivity index (χ1v) is 7.72. The zero-order chi connectivity index (χ0) is 13.9. The quantitative estimate of drug-likeness (QED) is 0.922. The number of para-hydroxylation sites is 2. The molecule has 1 aliphatic rings. The van der Waals surface area contributed by atoms with Crippen LogP contribution < -0.4 is 5.32 Å². The van der Waals surface area contributed by atoms with Crippen LogP contribution in [-0.4, -0.2) is 16.0 Å². The third kappa shape index (κ3) is 2.68. The van der Waals surface area contributed by atoms with E-state index in [9.17, 15) is 0 Å². The molecule has 2 aromatic rings. The summed E-state index contributed by atoms with van der Waals surface area (Å²) in [5.74, 6) is 1.66. The van der Waals surface area contributed by atoms with Crippen LogP contribution in [0, 0.1) is 11.8 Å². The molecular formula is C17H23N3. The van der Waals surface area contributed by atoms with Gasteiger partial charge in [0.2, 0.25) is 0 Å². The summed E-state index contributed by atoms with van der Waals surface area (Å²) >= 11 is 0. The molecule has 0 aliphatic heterocycles. The Kier molecular flexibility index (Phi) is 3.97. The van der Waals surface area contributed by atoms with Gasteiger partial charge in [-0.15, -0.1) is 0 Å². The van der Waals surface area contributed by atoms with Crippen LogP contribution in [0.3, 0.4) is 0 Å². The first kappa shape index (κ1) is 13.5. The fraction of sp³-hybridized carbons (Fsp3) is 0.529. The summed E-state index contributed by atoms with van der Waals surface area (Å²) in [4.78, 5) is 9.15. The van der Waals surface area contributed by atoms with Crippen LogP contribution in [-0.2, 0) is 6.54 Å². The Balaban J connectivity index is 1.65. The molecule has 1 saturated carbocycles. The van der Waals surface area contributed by atoms with Crippen molar-refractivity contribution in [2.45, 2.75) is 45.7 Å². The van der Waals surface area contributed by atoms with E-state index in [2.05, 4.69) is 29.1 Å². The van der Waals surface area contributed by atoms with Gasteiger partial charge in [-0.05, 0) is 36.8 Å². The average molecular weight is 269 g/mol. The van der Waals surface area contributed by atoms with Gasteiger partial charge in [0.15, 0.2) is 0 Å². The predicted octanol–water partition coefficient (Wildman–Crippen LogP) is 3.54. The number of hydrogen-bond donors (Lipinski definition) is 1. The van der Waals surface area contributed by atoms with E-state index in [0.29, 0.717) is 6.04 Å². The Morgan fingerprint density at radius 3 is 2.75 bits per heavy atom. The summed E-state index contributed by atoms with van der Waals surface area (Å²) in [5.41, 5.74) is 2.99. The van der Waals surface area contributed by atoms with Crippen molar-refractivity contribution in [1.29, 1.82) is 0 Å². The third-order valence-electron chi connectivity index (χ3n) is 4.79. The molecule has 0 radical (unpaired) electrons. The van der Waals surface area contributed by atoms with Gasteiger partial charge < -0.3 is 5.32 Å². The first-order valence-electron chi connectivity index (χ1n) is 7.72. The van der Waals surface area contributed by atoms with Crippen LogP contribution in [0.25, 0.3) is 11.0 Å². The normalized spacial score (nSPS) is 26.2. The summed E-state index contributed by atoms with van der Waals surface area (Å²) in [7, 11) is 0. The number of rotatable bonds is 4. The molecule has 3 nitrogen and oxygen atoms in total. The van der Waals surface area contributed by atoms with Crippen molar-refractivity contribution in [3.05, 3.63) is 36.2 Å². The van der Waals surface area contributed by atoms with Gasteiger partial charge in [-0.2, -0.15) is 0 Å². The van der Waals surface area contributed by atoms with E-state index in [0.717, 1.165) is 35.1 Å². The second-order valence-electron chi connectivity index (χ2n) is 5.94. The molecule has 3 rings (SSSR count). The number of fused-ring (bicyclic) bond motifs is 1. The van der Waals surface area contributed by atoms with Crippen molar-refractivity contribution >= 4 is 11.0 Å². The van der Waals surface area contributed by atoms with Crippen molar-refractivity contribution in [2.24, 2.45) is 11.8 Å². The Hall–Kier alpha value is -1.48. The molecule has 3 atom stereocenters. The Labute approximate surface area is 120 Å². The zero-order valence-corrected chi connectivity index (χ0v) is 12.3. The van der Waals surface area contributed by atoms with Gasteiger partial charge >= 0.3 is 0 Å². The molecule has 0 amide bonds.